The minimum Gasteiger partial charge on any atom is -0.258 e. The van der Waals surface area contributed by atoms with Gasteiger partial charge in [0.2, 0.25) is 0 Å². The molecule has 2 aromatic heterocycles. The maximum atomic E-state index is 10.7. The average Bonchev–Trinajstić information content (AvgIpc) is 3.15. The lowest BCUT2D eigenvalue weighted by molar-refractivity contribution is -0.380. The molecular formula is C16H12N2O2S2. The van der Waals surface area contributed by atoms with E-state index in [9.17, 15) is 10.1 Å². The van der Waals surface area contributed by atoms with Crippen LogP contribution in [-0.2, 0) is 0 Å². The Morgan fingerprint density at radius 3 is 2.36 bits per heavy atom. The van der Waals surface area contributed by atoms with Gasteiger partial charge in [-0.25, -0.2) is 0 Å². The molecule has 1 aromatic carbocycles. The monoisotopic (exact) mass is 328 g/mol. The van der Waals surface area contributed by atoms with Gasteiger partial charge in [-0.1, -0.05) is 29.0 Å². The molecular weight excluding hydrogens is 316 g/mol. The van der Waals surface area contributed by atoms with Crippen molar-refractivity contribution in [1.82, 2.24) is 0 Å². The number of nitro groups is 1. The standard InChI is InChI=1S/C16H12N2O2S2/c1-11-2-4-12(5-3-11)17-10-13-6-7-14(21-13)15-8-9-16(22-15)18(19)20/h2-10H,1H3. The van der Waals surface area contributed by atoms with Gasteiger partial charge in [0.25, 0.3) is 0 Å². The fourth-order valence-electron chi connectivity index (χ4n) is 1.88. The van der Waals surface area contributed by atoms with E-state index in [1.807, 2.05) is 49.5 Å². The van der Waals surface area contributed by atoms with Crippen molar-refractivity contribution in [2.75, 3.05) is 0 Å². The molecule has 0 unspecified atom stereocenters. The van der Waals surface area contributed by atoms with Crippen molar-refractivity contribution in [3.8, 4) is 9.75 Å². The molecule has 0 radical (unpaired) electrons. The maximum Gasteiger partial charge on any atom is 0.324 e. The van der Waals surface area contributed by atoms with Gasteiger partial charge >= 0.3 is 5.00 Å². The third-order valence-electron chi connectivity index (χ3n) is 3.02. The minimum atomic E-state index is -0.360. The van der Waals surface area contributed by atoms with Crippen LogP contribution in [0.4, 0.5) is 10.7 Å². The highest BCUT2D eigenvalue weighted by molar-refractivity contribution is 7.24. The molecule has 0 spiro atoms. The van der Waals surface area contributed by atoms with E-state index < -0.39 is 0 Å². The Morgan fingerprint density at radius 1 is 1.00 bits per heavy atom. The Bertz CT molecular complexity index is 832. The topological polar surface area (TPSA) is 55.5 Å². The molecule has 4 nitrogen and oxygen atoms in total. The van der Waals surface area contributed by atoms with Crippen molar-refractivity contribution in [3.05, 3.63) is 69.1 Å². The second kappa shape index (κ2) is 6.21. The second-order valence-corrected chi connectivity index (χ2v) is 6.87. The molecule has 0 amide bonds. The first-order valence-corrected chi connectivity index (χ1v) is 8.20. The minimum absolute atomic E-state index is 0.165. The zero-order chi connectivity index (χ0) is 15.5. The molecule has 0 aliphatic heterocycles. The van der Waals surface area contributed by atoms with Crippen LogP contribution in [-0.4, -0.2) is 11.1 Å². The van der Waals surface area contributed by atoms with Crippen molar-refractivity contribution in [2.24, 2.45) is 4.99 Å². The van der Waals surface area contributed by atoms with Crippen LogP contribution in [0.1, 0.15) is 10.4 Å². The van der Waals surface area contributed by atoms with E-state index in [-0.39, 0.29) is 9.92 Å². The third-order valence-corrected chi connectivity index (χ3v) is 5.27. The van der Waals surface area contributed by atoms with Crippen molar-refractivity contribution in [3.63, 3.8) is 0 Å². The highest BCUT2D eigenvalue weighted by atomic mass is 32.1. The number of hydrogen-bond acceptors (Lipinski definition) is 5. The number of thiophene rings is 2. The summed E-state index contributed by atoms with van der Waals surface area (Å²) in [5, 5.41) is 10.9. The molecule has 0 fully saturated rings. The van der Waals surface area contributed by atoms with E-state index in [4.69, 9.17) is 0 Å². The van der Waals surface area contributed by atoms with Gasteiger partial charge in [-0.15, -0.1) is 11.3 Å². The Hall–Kier alpha value is -2.31. The van der Waals surface area contributed by atoms with Crippen LogP contribution >= 0.6 is 22.7 Å². The number of rotatable bonds is 4. The summed E-state index contributed by atoms with van der Waals surface area (Å²) in [4.78, 5) is 17.8. The molecule has 6 heteroatoms. The second-order valence-electron chi connectivity index (χ2n) is 4.69. The summed E-state index contributed by atoms with van der Waals surface area (Å²) in [5.41, 5.74) is 2.11. The van der Waals surface area contributed by atoms with Gasteiger partial charge in [-0.05, 0) is 37.3 Å². The summed E-state index contributed by atoms with van der Waals surface area (Å²) < 4.78 is 0. The zero-order valence-corrected chi connectivity index (χ0v) is 13.4. The number of aliphatic imine (C=N–C) groups is 1. The predicted molar refractivity (Wildman–Crippen MR) is 92.7 cm³/mol. The quantitative estimate of drug-likeness (QED) is 0.363. The summed E-state index contributed by atoms with van der Waals surface area (Å²) in [6, 6.07) is 15.3. The zero-order valence-electron chi connectivity index (χ0n) is 11.7. The molecule has 0 bridgehead atoms. The summed E-state index contributed by atoms with van der Waals surface area (Å²) in [6.45, 7) is 2.04. The normalized spacial score (nSPS) is 11.1. The molecule has 22 heavy (non-hydrogen) atoms. The molecule has 2 heterocycles. The fraction of sp³-hybridized carbons (Fsp3) is 0.0625. The lowest BCUT2D eigenvalue weighted by Gasteiger charge is -1.93. The van der Waals surface area contributed by atoms with Gasteiger partial charge in [0.1, 0.15) is 0 Å². The van der Waals surface area contributed by atoms with E-state index in [0.717, 1.165) is 20.3 Å². The number of benzene rings is 1. The third kappa shape index (κ3) is 3.29. The summed E-state index contributed by atoms with van der Waals surface area (Å²) in [7, 11) is 0. The molecule has 0 aliphatic rings. The van der Waals surface area contributed by atoms with Crippen molar-refractivity contribution in [1.29, 1.82) is 0 Å². The van der Waals surface area contributed by atoms with Crippen molar-refractivity contribution < 1.29 is 4.92 Å². The Balaban J connectivity index is 1.78. The van der Waals surface area contributed by atoms with Crippen LogP contribution in [0, 0.1) is 17.0 Å². The van der Waals surface area contributed by atoms with Crippen LogP contribution in [0.2, 0.25) is 0 Å². The average molecular weight is 328 g/mol. The van der Waals surface area contributed by atoms with E-state index in [0.29, 0.717) is 0 Å². The number of nitrogens with zero attached hydrogens (tertiary/aromatic N) is 2. The largest absolute Gasteiger partial charge is 0.324 e. The molecule has 0 N–H and O–H groups in total. The lowest BCUT2D eigenvalue weighted by Crippen LogP contribution is -1.80. The van der Waals surface area contributed by atoms with Crippen LogP contribution in [0.5, 0.6) is 0 Å². The van der Waals surface area contributed by atoms with Crippen molar-refractivity contribution >= 4 is 39.6 Å². The molecule has 0 saturated carbocycles. The van der Waals surface area contributed by atoms with Gasteiger partial charge in [0.05, 0.1) is 15.5 Å². The molecule has 0 saturated heterocycles. The maximum absolute atomic E-state index is 10.7. The van der Waals surface area contributed by atoms with Gasteiger partial charge in [0.15, 0.2) is 0 Å². The van der Waals surface area contributed by atoms with E-state index in [1.165, 1.54) is 16.9 Å². The van der Waals surface area contributed by atoms with Crippen LogP contribution in [0.25, 0.3) is 9.75 Å². The summed E-state index contributed by atoms with van der Waals surface area (Å²) in [6.07, 6.45) is 1.82. The van der Waals surface area contributed by atoms with Gasteiger partial charge in [-0.2, -0.15) is 0 Å². The SMILES string of the molecule is Cc1ccc(N=Cc2ccc(-c3ccc([N+](=O)[O-])s3)s2)cc1. The fourth-order valence-corrected chi connectivity index (χ4v) is 3.67. The first kappa shape index (κ1) is 14.6. The van der Waals surface area contributed by atoms with Crippen LogP contribution < -0.4 is 0 Å². The highest BCUT2D eigenvalue weighted by Gasteiger charge is 2.12. The van der Waals surface area contributed by atoms with E-state index in [2.05, 4.69) is 4.99 Å². The number of hydrogen-bond donors (Lipinski definition) is 0. The predicted octanol–water partition coefficient (Wildman–Crippen LogP) is 5.44. The van der Waals surface area contributed by atoms with E-state index >= 15 is 0 Å². The molecule has 0 atom stereocenters. The van der Waals surface area contributed by atoms with Gasteiger partial charge in [-0.3, -0.25) is 15.1 Å². The first-order chi connectivity index (χ1) is 10.6. The summed E-state index contributed by atoms with van der Waals surface area (Å²) >= 11 is 2.76. The smallest absolute Gasteiger partial charge is 0.258 e. The van der Waals surface area contributed by atoms with Gasteiger partial charge in [0, 0.05) is 22.0 Å². The molecule has 110 valence electrons. The Morgan fingerprint density at radius 2 is 1.68 bits per heavy atom. The Labute approximate surface area is 135 Å². The molecule has 3 rings (SSSR count). The molecule has 0 aliphatic carbocycles. The first-order valence-electron chi connectivity index (χ1n) is 6.57. The lowest BCUT2D eigenvalue weighted by atomic mass is 10.2. The van der Waals surface area contributed by atoms with Crippen molar-refractivity contribution in [2.45, 2.75) is 6.92 Å². The van der Waals surface area contributed by atoms with Gasteiger partial charge < -0.3 is 0 Å². The van der Waals surface area contributed by atoms with Crippen LogP contribution in [0.3, 0.4) is 0 Å². The van der Waals surface area contributed by atoms with Crippen LogP contribution in [0.15, 0.2) is 53.5 Å². The Kier molecular flexibility index (Phi) is 4.13. The van der Waals surface area contributed by atoms with E-state index in [1.54, 1.807) is 23.5 Å². The summed E-state index contributed by atoms with van der Waals surface area (Å²) in [5.74, 6) is 0. The number of aryl methyl sites for hydroxylation is 1. The highest BCUT2D eigenvalue weighted by Crippen LogP contribution is 2.36. The molecule has 3 aromatic rings.